The fraction of sp³-hybridized carbons (Fsp3) is 0. The van der Waals surface area contributed by atoms with Crippen molar-refractivity contribution in [3.63, 3.8) is 0 Å². The summed E-state index contributed by atoms with van der Waals surface area (Å²) in [6.45, 7) is 14.9. The SMILES string of the molecule is [C-]#[N+]c1c([N+]#[C-])c(C#N)c2c3nc4c(F)c(F)c(-c5c(F)c(F)c(F)c(F)c5F)c(F)c4nc3c3nc(F)c(F)nc3c2c1C#N. The predicted molar refractivity (Wildman–Crippen MR) is 135 cm³/mol. The molecular formula is C28F10N8. The lowest BCUT2D eigenvalue weighted by molar-refractivity contribution is 0.380. The molecule has 18 heteroatoms. The molecule has 0 atom stereocenters. The van der Waals surface area contributed by atoms with E-state index in [9.17, 15) is 41.3 Å². The van der Waals surface area contributed by atoms with Gasteiger partial charge >= 0.3 is 0 Å². The number of hydrogen-bond acceptors (Lipinski definition) is 6. The molecule has 0 fully saturated rings. The van der Waals surface area contributed by atoms with Gasteiger partial charge in [-0.3, -0.25) is 0 Å². The zero-order valence-electron chi connectivity index (χ0n) is 21.4. The van der Waals surface area contributed by atoms with Crippen molar-refractivity contribution in [1.29, 1.82) is 10.5 Å². The summed E-state index contributed by atoms with van der Waals surface area (Å²) in [5.74, 6) is -24.3. The second-order valence-electron chi connectivity index (χ2n) is 9.03. The lowest BCUT2D eigenvalue weighted by Gasteiger charge is -2.16. The summed E-state index contributed by atoms with van der Waals surface area (Å²) >= 11 is 0. The van der Waals surface area contributed by atoms with E-state index in [1.807, 2.05) is 0 Å². The molecule has 0 unspecified atom stereocenters. The third-order valence-corrected chi connectivity index (χ3v) is 6.81. The van der Waals surface area contributed by atoms with Crippen molar-refractivity contribution >= 4 is 55.2 Å². The van der Waals surface area contributed by atoms with Gasteiger partial charge in [-0.1, -0.05) is 0 Å². The Morgan fingerprint density at radius 2 is 0.783 bits per heavy atom. The molecule has 0 amide bonds. The van der Waals surface area contributed by atoms with E-state index in [2.05, 4.69) is 29.6 Å². The molecule has 0 saturated heterocycles. The predicted octanol–water partition coefficient (Wildman–Crippen LogP) is 7.78. The topological polar surface area (TPSA) is 108 Å². The number of nitriles is 2. The Morgan fingerprint density at radius 3 is 1.26 bits per heavy atom. The van der Waals surface area contributed by atoms with Crippen molar-refractivity contribution in [3.05, 3.63) is 92.4 Å². The van der Waals surface area contributed by atoms with Gasteiger partial charge in [-0.25, -0.2) is 64.7 Å². The van der Waals surface area contributed by atoms with Crippen LogP contribution >= 0.6 is 0 Å². The average Bonchev–Trinajstić information content (AvgIpc) is 3.05. The lowest BCUT2D eigenvalue weighted by Crippen LogP contribution is -2.09. The van der Waals surface area contributed by atoms with Crippen molar-refractivity contribution in [2.75, 3.05) is 0 Å². The first-order valence-corrected chi connectivity index (χ1v) is 11.8. The van der Waals surface area contributed by atoms with Crippen LogP contribution < -0.4 is 0 Å². The molecule has 0 bridgehead atoms. The maximum absolute atomic E-state index is 15.9. The van der Waals surface area contributed by atoms with Gasteiger partial charge < -0.3 is 0 Å². The number of hydrogen-bond donors (Lipinski definition) is 0. The highest BCUT2D eigenvalue weighted by Gasteiger charge is 2.34. The number of halogens is 10. The molecule has 4 aromatic carbocycles. The van der Waals surface area contributed by atoms with Gasteiger partial charge in [-0.2, -0.15) is 19.3 Å². The molecule has 8 nitrogen and oxygen atoms in total. The largest absolute Gasteiger partial charge is 0.269 e. The monoisotopic (exact) mass is 638 g/mol. The first-order chi connectivity index (χ1) is 21.8. The fourth-order valence-electron chi connectivity index (χ4n) is 4.92. The van der Waals surface area contributed by atoms with E-state index in [0.29, 0.717) is 0 Å². The van der Waals surface area contributed by atoms with Gasteiger partial charge in [0.15, 0.2) is 40.7 Å². The van der Waals surface area contributed by atoms with E-state index in [-0.39, 0.29) is 0 Å². The molecule has 0 radical (unpaired) electrons. The molecule has 0 saturated carbocycles. The second kappa shape index (κ2) is 9.94. The van der Waals surface area contributed by atoms with Crippen LogP contribution in [0, 0.1) is 94.2 Å². The minimum absolute atomic E-state index is 0.639. The van der Waals surface area contributed by atoms with Crippen LogP contribution in [0.5, 0.6) is 0 Å². The quantitative estimate of drug-likeness (QED) is 0.0455. The van der Waals surface area contributed by atoms with Gasteiger partial charge in [0.2, 0.25) is 17.2 Å². The van der Waals surface area contributed by atoms with Gasteiger partial charge in [0.05, 0.1) is 53.1 Å². The maximum atomic E-state index is 15.9. The summed E-state index contributed by atoms with van der Waals surface area (Å²) in [6.07, 6.45) is 0. The zero-order chi connectivity index (χ0) is 33.5. The third-order valence-electron chi connectivity index (χ3n) is 6.81. The maximum Gasteiger partial charge on any atom is 0.269 e. The highest BCUT2D eigenvalue weighted by atomic mass is 19.2. The average molecular weight is 638 g/mol. The number of nitrogens with zero attached hydrogens (tertiary/aromatic N) is 8. The second-order valence-corrected chi connectivity index (χ2v) is 9.03. The van der Waals surface area contributed by atoms with Gasteiger partial charge in [0.25, 0.3) is 11.9 Å². The van der Waals surface area contributed by atoms with Crippen molar-refractivity contribution in [1.82, 2.24) is 19.9 Å². The first-order valence-electron chi connectivity index (χ1n) is 11.8. The molecule has 2 aromatic heterocycles. The van der Waals surface area contributed by atoms with Crippen LogP contribution in [0.2, 0.25) is 0 Å². The van der Waals surface area contributed by atoms with Crippen LogP contribution in [-0.2, 0) is 0 Å². The van der Waals surface area contributed by atoms with E-state index in [1.54, 1.807) is 12.1 Å². The van der Waals surface area contributed by atoms with Gasteiger partial charge in [-0.15, -0.1) is 0 Å². The Labute approximate surface area is 245 Å². The van der Waals surface area contributed by atoms with Crippen molar-refractivity contribution in [2.45, 2.75) is 0 Å². The molecule has 46 heavy (non-hydrogen) atoms. The molecule has 0 aliphatic carbocycles. The Hall–Kier alpha value is -6.66. The Balaban J connectivity index is 1.96. The molecule has 222 valence electrons. The highest BCUT2D eigenvalue weighted by Crippen LogP contribution is 2.47. The van der Waals surface area contributed by atoms with Crippen LogP contribution in [0.25, 0.3) is 64.7 Å². The van der Waals surface area contributed by atoms with Crippen molar-refractivity contribution < 1.29 is 43.9 Å². The molecule has 0 spiro atoms. The molecule has 6 rings (SSSR count). The van der Waals surface area contributed by atoms with Crippen molar-refractivity contribution in [3.8, 4) is 23.3 Å². The van der Waals surface area contributed by atoms with Crippen LogP contribution in [0.4, 0.5) is 55.3 Å². The molecule has 2 heterocycles. The summed E-state index contributed by atoms with van der Waals surface area (Å²) in [5.41, 5.74) is -13.6. The summed E-state index contributed by atoms with van der Waals surface area (Å²) < 4.78 is 146. The Bertz CT molecular complexity index is 2620. The van der Waals surface area contributed by atoms with Gasteiger partial charge in [0.1, 0.15) is 27.6 Å². The van der Waals surface area contributed by atoms with E-state index in [0.717, 1.165) is 0 Å². The Kier molecular flexibility index (Phi) is 6.35. The molecule has 0 N–H and O–H groups in total. The smallest absolute Gasteiger partial charge is 0.249 e. The normalized spacial score (nSPS) is 11.2. The van der Waals surface area contributed by atoms with E-state index in [4.69, 9.17) is 13.1 Å². The van der Waals surface area contributed by atoms with Gasteiger partial charge in [-0.05, 0) is 0 Å². The van der Waals surface area contributed by atoms with E-state index in [1.165, 1.54) is 0 Å². The zero-order valence-corrected chi connectivity index (χ0v) is 21.4. The summed E-state index contributed by atoms with van der Waals surface area (Å²) in [5, 5.41) is 18.5. The molecular weight excluding hydrogens is 638 g/mol. The third kappa shape index (κ3) is 3.58. The number of fused-ring (bicyclic) bond motifs is 7. The minimum Gasteiger partial charge on any atom is -0.249 e. The van der Waals surface area contributed by atoms with Crippen LogP contribution in [0.15, 0.2) is 0 Å². The Morgan fingerprint density at radius 1 is 0.435 bits per heavy atom. The summed E-state index contributed by atoms with van der Waals surface area (Å²) in [4.78, 5) is 20.2. The lowest BCUT2D eigenvalue weighted by atomic mass is 9.93. The minimum atomic E-state index is -2.71. The highest BCUT2D eigenvalue weighted by molar-refractivity contribution is 6.27. The summed E-state index contributed by atoms with van der Waals surface area (Å²) in [6, 6.07) is 3.14. The molecule has 0 aliphatic heterocycles. The molecule has 6 aromatic rings. The van der Waals surface area contributed by atoms with E-state index < -0.39 is 136 Å². The van der Waals surface area contributed by atoms with Crippen molar-refractivity contribution in [2.24, 2.45) is 0 Å². The first kappa shape index (κ1) is 29.4. The van der Waals surface area contributed by atoms with Crippen LogP contribution in [0.3, 0.4) is 0 Å². The number of benzene rings is 4. The summed E-state index contributed by atoms with van der Waals surface area (Å²) in [7, 11) is 0. The fourth-order valence-corrected chi connectivity index (χ4v) is 4.92. The molecule has 0 aliphatic rings. The van der Waals surface area contributed by atoms with Crippen LogP contribution in [0.1, 0.15) is 11.1 Å². The van der Waals surface area contributed by atoms with Crippen LogP contribution in [-0.4, -0.2) is 19.9 Å². The van der Waals surface area contributed by atoms with E-state index >= 15 is 13.2 Å². The van der Waals surface area contributed by atoms with Gasteiger partial charge in [0, 0.05) is 10.8 Å². The number of rotatable bonds is 1. The number of aromatic nitrogens is 4. The standard InChI is InChI=1S/C28F10N8/c1-41-19-5(3-39)7-8(6(4-40)20(19)42-2)22-26(46-28(38)27(37)45-22)25-21(7)43-24-18(36)13(31)10(14(32)23(24)44-25)9-11(29)15(33)17(35)16(34)12(9)30.